The van der Waals surface area contributed by atoms with E-state index in [0.717, 1.165) is 28.4 Å². The lowest BCUT2D eigenvalue weighted by Crippen LogP contribution is -2.24. The lowest BCUT2D eigenvalue weighted by Gasteiger charge is -2.06. The van der Waals surface area contributed by atoms with Gasteiger partial charge in [0.1, 0.15) is 11.5 Å². The maximum Gasteiger partial charge on any atom is 0.344 e. The van der Waals surface area contributed by atoms with Crippen LogP contribution in [0.1, 0.15) is 41.3 Å². The Balaban J connectivity index is 1.43. The summed E-state index contributed by atoms with van der Waals surface area (Å²) in [6.07, 6.45) is 4.86. The molecule has 1 N–H and O–H groups in total. The second kappa shape index (κ2) is 12.7. The largest absolute Gasteiger partial charge is 0.484 e. The minimum absolute atomic E-state index is 0.126. The Morgan fingerprint density at radius 2 is 1.67 bits per heavy atom. The highest BCUT2D eigenvalue weighted by Crippen LogP contribution is 2.17. The Morgan fingerprint density at radius 1 is 0.970 bits per heavy atom. The summed E-state index contributed by atoms with van der Waals surface area (Å²) in [6, 6.07) is 21.8. The molecule has 3 rings (SSSR count). The van der Waals surface area contributed by atoms with Gasteiger partial charge in [-0.25, -0.2) is 10.2 Å². The van der Waals surface area contributed by atoms with E-state index in [1.54, 1.807) is 36.4 Å². The number of nitrogens with one attached hydrogen (secondary N) is 1. The Bertz CT molecular complexity index is 1100. The zero-order valence-corrected chi connectivity index (χ0v) is 20.4. The average Bonchev–Trinajstić information content (AvgIpc) is 2.83. The SMILES string of the molecule is CCCCc1ccc(OCC(=O)N/N=C\c2ccc(OC(=O)c3ccccc3I)cc2)cc1. The highest BCUT2D eigenvalue weighted by molar-refractivity contribution is 14.1. The first-order chi connectivity index (χ1) is 16.0. The van der Waals surface area contributed by atoms with Crippen LogP contribution in [0, 0.1) is 3.57 Å². The third-order valence-electron chi connectivity index (χ3n) is 4.70. The molecule has 0 saturated carbocycles. The smallest absolute Gasteiger partial charge is 0.344 e. The Kier molecular flexibility index (Phi) is 9.44. The number of carbonyl (C=O) groups excluding carboxylic acids is 2. The molecule has 6 nitrogen and oxygen atoms in total. The van der Waals surface area contributed by atoms with Crippen molar-refractivity contribution in [3.63, 3.8) is 0 Å². The number of benzene rings is 3. The van der Waals surface area contributed by atoms with Gasteiger partial charge >= 0.3 is 5.97 Å². The van der Waals surface area contributed by atoms with Gasteiger partial charge in [0.25, 0.3) is 5.91 Å². The van der Waals surface area contributed by atoms with Crippen molar-refractivity contribution < 1.29 is 19.1 Å². The molecule has 170 valence electrons. The summed E-state index contributed by atoms with van der Waals surface area (Å²) in [6.45, 7) is 2.04. The van der Waals surface area contributed by atoms with Crippen molar-refractivity contribution in [1.29, 1.82) is 0 Å². The number of esters is 1. The highest BCUT2D eigenvalue weighted by Gasteiger charge is 2.11. The Morgan fingerprint density at radius 3 is 2.36 bits per heavy atom. The summed E-state index contributed by atoms with van der Waals surface area (Å²) in [4.78, 5) is 24.2. The predicted molar refractivity (Wildman–Crippen MR) is 137 cm³/mol. The van der Waals surface area contributed by atoms with E-state index in [-0.39, 0.29) is 12.5 Å². The van der Waals surface area contributed by atoms with E-state index >= 15 is 0 Å². The number of ether oxygens (including phenoxy) is 2. The number of aryl methyl sites for hydroxylation is 1. The number of rotatable bonds is 10. The standard InChI is InChI=1S/C26H25IN2O4/c1-2-3-6-19-9-13-21(14-10-19)32-18-25(30)29-28-17-20-11-15-22(16-12-20)33-26(31)23-7-4-5-8-24(23)27/h4-5,7-17H,2-3,6,18H2,1H3,(H,29,30)/b28-17-. The molecule has 0 bridgehead atoms. The number of amides is 1. The molecule has 0 atom stereocenters. The van der Waals surface area contributed by atoms with E-state index < -0.39 is 5.97 Å². The van der Waals surface area contributed by atoms with Crippen LogP contribution in [0.5, 0.6) is 11.5 Å². The number of nitrogens with zero attached hydrogens (tertiary/aromatic N) is 1. The minimum atomic E-state index is -0.413. The zero-order valence-electron chi connectivity index (χ0n) is 18.3. The fourth-order valence-electron chi connectivity index (χ4n) is 2.90. The lowest BCUT2D eigenvalue weighted by molar-refractivity contribution is -0.123. The number of unbranched alkanes of at least 4 members (excludes halogenated alkanes) is 1. The molecule has 3 aromatic carbocycles. The van der Waals surface area contributed by atoms with Crippen molar-refractivity contribution in [3.8, 4) is 11.5 Å². The molecule has 33 heavy (non-hydrogen) atoms. The predicted octanol–water partition coefficient (Wildman–Crippen LogP) is 5.38. The van der Waals surface area contributed by atoms with Crippen molar-refractivity contribution in [3.05, 3.63) is 93.1 Å². The van der Waals surface area contributed by atoms with Crippen LogP contribution in [-0.4, -0.2) is 24.7 Å². The van der Waals surface area contributed by atoms with Gasteiger partial charge in [0.2, 0.25) is 0 Å². The second-order valence-corrected chi connectivity index (χ2v) is 8.43. The maximum atomic E-state index is 12.3. The molecule has 0 radical (unpaired) electrons. The lowest BCUT2D eigenvalue weighted by atomic mass is 10.1. The van der Waals surface area contributed by atoms with Crippen LogP contribution < -0.4 is 14.9 Å². The molecule has 0 heterocycles. The van der Waals surface area contributed by atoms with E-state index in [1.165, 1.54) is 11.8 Å². The van der Waals surface area contributed by atoms with Crippen LogP contribution in [0.15, 0.2) is 77.9 Å². The quantitative estimate of drug-likeness (QED) is 0.120. The number of halogens is 1. The van der Waals surface area contributed by atoms with E-state index in [1.807, 2.05) is 36.4 Å². The summed E-state index contributed by atoms with van der Waals surface area (Å²) in [5.74, 6) is 0.299. The minimum Gasteiger partial charge on any atom is -0.484 e. The number of hydrazone groups is 1. The number of hydrogen-bond donors (Lipinski definition) is 1. The average molecular weight is 556 g/mol. The second-order valence-electron chi connectivity index (χ2n) is 7.27. The Labute approximate surface area is 207 Å². The molecule has 0 aliphatic rings. The molecule has 0 aromatic heterocycles. The molecular formula is C26H25IN2O4. The van der Waals surface area contributed by atoms with Crippen LogP contribution >= 0.6 is 22.6 Å². The molecule has 0 fully saturated rings. The fourth-order valence-corrected chi connectivity index (χ4v) is 3.51. The third kappa shape index (κ3) is 8.02. The molecule has 3 aromatic rings. The molecule has 0 unspecified atom stereocenters. The molecule has 0 aliphatic carbocycles. The summed E-state index contributed by atoms with van der Waals surface area (Å²) in [7, 11) is 0. The molecular weight excluding hydrogens is 531 g/mol. The maximum absolute atomic E-state index is 12.3. The molecule has 0 saturated heterocycles. The summed E-state index contributed by atoms with van der Waals surface area (Å²) in [5, 5.41) is 3.94. The normalized spacial score (nSPS) is 10.7. The fraction of sp³-hybridized carbons (Fsp3) is 0.192. The monoisotopic (exact) mass is 556 g/mol. The van der Waals surface area contributed by atoms with Gasteiger partial charge < -0.3 is 9.47 Å². The van der Waals surface area contributed by atoms with E-state index in [9.17, 15) is 9.59 Å². The highest BCUT2D eigenvalue weighted by atomic mass is 127. The summed E-state index contributed by atoms with van der Waals surface area (Å²) >= 11 is 2.10. The Hall–Kier alpha value is -3.20. The van der Waals surface area contributed by atoms with Gasteiger partial charge in [-0.1, -0.05) is 37.6 Å². The van der Waals surface area contributed by atoms with Gasteiger partial charge in [-0.3, -0.25) is 4.79 Å². The van der Waals surface area contributed by atoms with Crippen molar-refractivity contribution in [2.24, 2.45) is 5.10 Å². The molecule has 1 amide bonds. The van der Waals surface area contributed by atoms with Gasteiger partial charge in [0.05, 0.1) is 11.8 Å². The van der Waals surface area contributed by atoms with E-state index in [4.69, 9.17) is 9.47 Å². The van der Waals surface area contributed by atoms with Crippen molar-refractivity contribution in [1.82, 2.24) is 5.43 Å². The van der Waals surface area contributed by atoms with Gasteiger partial charge in [-0.05, 0) is 95.1 Å². The van der Waals surface area contributed by atoms with Crippen LogP contribution in [0.25, 0.3) is 0 Å². The van der Waals surface area contributed by atoms with Crippen molar-refractivity contribution in [2.75, 3.05) is 6.61 Å². The van der Waals surface area contributed by atoms with Gasteiger partial charge in [-0.2, -0.15) is 5.10 Å². The van der Waals surface area contributed by atoms with Crippen LogP contribution in [-0.2, 0) is 11.2 Å². The first-order valence-corrected chi connectivity index (χ1v) is 11.7. The van der Waals surface area contributed by atoms with Crippen molar-refractivity contribution in [2.45, 2.75) is 26.2 Å². The first-order valence-electron chi connectivity index (χ1n) is 10.7. The first kappa shape index (κ1) is 24.4. The topological polar surface area (TPSA) is 77.0 Å². The summed E-state index contributed by atoms with van der Waals surface area (Å²) in [5.41, 5.74) is 4.95. The van der Waals surface area contributed by atoms with Gasteiger partial charge in [0, 0.05) is 3.57 Å². The molecule has 0 aliphatic heterocycles. The summed E-state index contributed by atoms with van der Waals surface area (Å²) < 4.78 is 11.7. The number of hydrogen-bond acceptors (Lipinski definition) is 5. The number of carbonyl (C=O) groups is 2. The molecule has 7 heteroatoms. The van der Waals surface area contributed by atoms with E-state index in [2.05, 4.69) is 40.0 Å². The van der Waals surface area contributed by atoms with Crippen molar-refractivity contribution >= 4 is 40.7 Å². The third-order valence-corrected chi connectivity index (χ3v) is 5.64. The van der Waals surface area contributed by atoms with Crippen LogP contribution in [0.3, 0.4) is 0 Å². The van der Waals surface area contributed by atoms with Gasteiger partial charge in [0.15, 0.2) is 6.61 Å². The van der Waals surface area contributed by atoms with Crippen LogP contribution in [0.4, 0.5) is 0 Å². The van der Waals surface area contributed by atoms with Crippen LogP contribution in [0.2, 0.25) is 0 Å². The molecule has 0 spiro atoms. The van der Waals surface area contributed by atoms with Gasteiger partial charge in [-0.15, -0.1) is 0 Å². The zero-order chi connectivity index (χ0) is 23.5. The van der Waals surface area contributed by atoms with E-state index in [0.29, 0.717) is 17.1 Å².